The Morgan fingerprint density at radius 3 is 2.33 bits per heavy atom. The first-order valence-electron chi connectivity index (χ1n) is 16.8. The summed E-state index contributed by atoms with van der Waals surface area (Å²) in [4.78, 5) is 34.5. The van der Waals surface area contributed by atoms with Gasteiger partial charge in [-0.1, -0.05) is 13.0 Å². The lowest BCUT2D eigenvalue weighted by molar-refractivity contribution is -0.130. The van der Waals surface area contributed by atoms with Crippen LogP contribution in [0.3, 0.4) is 0 Å². The monoisotopic (exact) mass is 742 g/mol. The predicted molar refractivity (Wildman–Crippen MR) is 189 cm³/mol. The molecule has 16 heteroatoms. The standard InChI is InChI=1S/C36H38F4N6O5S/c1-3-44-12-14-45(15-13-44)11-4-5-16-50-31-20-28-23(19-30(31)49-2)29(9-10-41-28)51-34-26(39)17-22(18-27(34)40)42-36(48)43-46-32(47)21-52-35(46)33-24(37)7-6-8-25(33)38/h6-10,17-20,35H,3-5,11-16,21H2,1-2H3,(H2,42,43,48). The number of urea groups is 1. The second kappa shape index (κ2) is 16.7. The van der Waals surface area contributed by atoms with Gasteiger partial charge in [0, 0.05) is 61.6 Å². The number of aromatic nitrogens is 1. The maximum absolute atomic E-state index is 15.3. The number of likely N-dealkylation sites (N-methyl/N-ethyl adjacent to an activating group) is 1. The second-order valence-electron chi connectivity index (χ2n) is 12.2. The smallest absolute Gasteiger partial charge is 0.338 e. The molecule has 2 aliphatic heterocycles. The van der Waals surface area contributed by atoms with Crippen LogP contribution in [-0.4, -0.2) is 90.5 Å². The van der Waals surface area contributed by atoms with Gasteiger partial charge >= 0.3 is 6.03 Å². The van der Waals surface area contributed by atoms with E-state index in [2.05, 4.69) is 32.5 Å². The largest absolute Gasteiger partial charge is 0.493 e. The summed E-state index contributed by atoms with van der Waals surface area (Å²) in [5.74, 6) is -4.64. The number of benzene rings is 3. The summed E-state index contributed by atoms with van der Waals surface area (Å²) in [6.45, 7) is 9.07. The summed E-state index contributed by atoms with van der Waals surface area (Å²) >= 11 is 0.905. The number of ether oxygens (including phenoxy) is 3. The third-order valence-electron chi connectivity index (χ3n) is 8.83. The van der Waals surface area contributed by atoms with Gasteiger partial charge in [0.1, 0.15) is 22.8 Å². The topological polar surface area (TPSA) is 109 Å². The van der Waals surface area contributed by atoms with E-state index in [0.29, 0.717) is 29.0 Å². The van der Waals surface area contributed by atoms with Gasteiger partial charge < -0.3 is 29.3 Å². The molecule has 1 aromatic heterocycles. The molecule has 0 radical (unpaired) electrons. The summed E-state index contributed by atoms with van der Waals surface area (Å²) in [6, 6.07) is 8.57. The van der Waals surface area contributed by atoms with E-state index in [-0.39, 0.29) is 17.2 Å². The highest BCUT2D eigenvalue weighted by Gasteiger charge is 2.37. The van der Waals surface area contributed by atoms with Gasteiger partial charge in [-0.25, -0.2) is 32.8 Å². The van der Waals surface area contributed by atoms with Crippen molar-refractivity contribution in [2.75, 3.05) is 64.1 Å². The zero-order valence-electron chi connectivity index (χ0n) is 28.6. The van der Waals surface area contributed by atoms with Crippen LogP contribution in [-0.2, 0) is 4.79 Å². The number of piperazine rings is 1. The molecule has 3 aromatic carbocycles. The molecule has 11 nitrogen and oxygen atoms in total. The maximum Gasteiger partial charge on any atom is 0.338 e. The number of halogens is 4. The first-order chi connectivity index (χ1) is 25.1. The third kappa shape index (κ3) is 8.45. The number of hydrazine groups is 1. The number of carbonyl (C=O) groups is 2. The number of amides is 3. The van der Waals surface area contributed by atoms with Gasteiger partial charge in [0.25, 0.3) is 5.91 Å². The third-order valence-corrected chi connectivity index (χ3v) is 10.0. The number of methoxy groups -OCH3 is 1. The van der Waals surface area contributed by atoms with Crippen molar-refractivity contribution in [3.05, 3.63) is 83.6 Å². The van der Waals surface area contributed by atoms with E-state index in [9.17, 15) is 18.4 Å². The number of hydrogen-bond acceptors (Lipinski definition) is 9. The van der Waals surface area contributed by atoms with Crippen LogP contribution < -0.4 is 25.0 Å². The molecule has 3 heterocycles. The molecule has 4 aromatic rings. The van der Waals surface area contributed by atoms with Gasteiger partial charge in [0.05, 0.1) is 30.5 Å². The molecule has 0 spiro atoms. The lowest BCUT2D eigenvalue weighted by atomic mass is 10.1. The van der Waals surface area contributed by atoms with E-state index in [0.717, 1.165) is 93.1 Å². The molecular weight excluding hydrogens is 704 g/mol. The number of unbranched alkanes of at least 4 members (excludes halogenated alkanes) is 1. The molecule has 52 heavy (non-hydrogen) atoms. The molecule has 1 atom stereocenters. The average Bonchev–Trinajstić information content (AvgIpc) is 3.47. The fourth-order valence-corrected chi connectivity index (χ4v) is 7.20. The number of pyridine rings is 1. The normalized spacial score (nSPS) is 16.7. The summed E-state index contributed by atoms with van der Waals surface area (Å²) in [5, 5.41) is 2.22. The van der Waals surface area contributed by atoms with Crippen molar-refractivity contribution < 1.29 is 41.4 Å². The Bertz CT molecular complexity index is 1890. The van der Waals surface area contributed by atoms with Crippen LogP contribution in [0.2, 0.25) is 0 Å². The number of thioether (sulfide) groups is 1. The van der Waals surface area contributed by atoms with Crippen molar-refractivity contribution >= 4 is 40.3 Å². The summed E-state index contributed by atoms with van der Waals surface area (Å²) < 4.78 is 76.7. The number of fused-ring (bicyclic) bond motifs is 1. The van der Waals surface area contributed by atoms with E-state index in [4.69, 9.17) is 14.2 Å². The minimum atomic E-state index is -1.19. The van der Waals surface area contributed by atoms with Crippen molar-refractivity contribution in [2.45, 2.75) is 25.1 Å². The van der Waals surface area contributed by atoms with E-state index in [1.165, 1.54) is 25.4 Å². The van der Waals surface area contributed by atoms with Crippen LogP contribution in [0, 0.1) is 23.3 Å². The molecule has 0 aliphatic carbocycles. The summed E-state index contributed by atoms with van der Waals surface area (Å²) in [5.41, 5.74) is 1.94. The first kappa shape index (κ1) is 37.0. The lowest BCUT2D eigenvalue weighted by Crippen LogP contribution is -2.46. The highest BCUT2D eigenvalue weighted by Crippen LogP contribution is 2.41. The Labute approximate surface area is 302 Å². The SMILES string of the molecule is CCN1CCN(CCCCOc2cc3nccc(Oc4c(F)cc(NC(=O)NN5C(=O)CSC5c5c(F)cccc5F)cc4F)c3cc2OC)CC1. The van der Waals surface area contributed by atoms with Gasteiger partial charge in [0.15, 0.2) is 28.9 Å². The number of rotatable bonds is 13. The molecule has 2 saturated heterocycles. The van der Waals surface area contributed by atoms with E-state index in [1.54, 1.807) is 12.1 Å². The average molecular weight is 743 g/mol. The lowest BCUT2D eigenvalue weighted by Gasteiger charge is -2.33. The number of nitrogens with zero attached hydrogens (tertiary/aromatic N) is 4. The van der Waals surface area contributed by atoms with Crippen molar-refractivity contribution in [2.24, 2.45) is 0 Å². The first-order valence-corrected chi connectivity index (χ1v) is 17.9. The van der Waals surface area contributed by atoms with E-state index < -0.39 is 51.9 Å². The van der Waals surface area contributed by atoms with Gasteiger partial charge in [0.2, 0.25) is 0 Å². The zero-order valence-corrected chi connectivity index (χ0v) is 29.4. The van der Waals surface area contributed by atoms with Gasteiger partial charge in [-0.3, -0.25) is 9.78 Å². The van der Waals surface area contributed by atoms with E-state index in [1.807, 2.05) is 0 Å². The molecular formula is C36H38F4N6O5S. The predicted octanol–water partition coefficient (Wildman–Crippen LogP) is 6.70. The maximum atomic E-state index is 15.3. The minimum absolute atomic E-state index is 0.0886. The molecule has 0 bridgehead atoms. The number of anilines is 1. The number of hydrogen-bond donors (Lipinski definition) is 2. The van der Waals surface area contributed by atoms with Crippen LogP contribution in [0.5, 0.6) is 23.0 Å². The molecule has 2 N–H and O–H groups in total. The van der Waals surface area contributed by atoms with Crippen LogP contribution in [0.1, 0.15) is 30.7 Å². The molecule has 2 fully saturated rings. The molecule has 6 rings (SSSR count). The summed E-state index contributed by atoms with van der Waals surface area (Å²) in [6.07, 6.45) is 3.27. The van der Waals surface area contributed by atoms with Crippen LogP contribution in [0.15, 0.2) is 54.7 Å². The van der Waals surface area contributed by atoms with E-state index >= 15 is 8.78 Å². The minimum Gasteiger partial charge on any atom is -0.493 e. The van der Waals surface area contributed by atoms with Crippen molar-refractivity contribution in [3.63, 3.8) is 0 Å². The molecule has 276 valence electrons. The molecule has 1 unspecified atom stereocenters. The van der Waals surface area contributed by atoms with Gasteiger partial charge in [-0.05, 0) is 50.2 Å². The van der Waals surface area contributed by atoms with Crippen LogP contribution in [0.25, 0.3) is 10.9 Å². The quantitative estimate of drug-likeness (QED) is 0.114. The molecule has 3 amide bonds. The zero-order chi connectivity index (χ0) is 36.8. The Morgan fingerprint density at radius 2 is 1.63 bits per heavy atom. The molecule has 2 aliphatic rings. The Kier molecular flexibility index (Phi) is 11.9. The fraction of sp³-hybridized carbons (Fsp3) is 0.361. The molecule has 0 saturated carbocycles. The number of carbonyl (C=O) groups excluding carboxylic acids is 2. The van der Waals surface area contributed by atoms with Gasteiger partial charge in [-0.15, -0.1) is 11.8 Å². The fourth-order valence-electron chi connectivity index (χ4n) is 6.05. The highest BCUT2D eigenvalue weighted by atomic mass is 32.2. The number of nitrogens with one attached hydrogen (secondary N) is 2. The Hall–Kier alpha value is -4.80. The highest BCUT2D eigenvalue weighted by molar-refractivity contribution is 8.00. The van der Waals surface area contributed by atoms with Crippen molar-refractivity contribution in [1.29, 1.82) is 0 Å². The second-order valence-corrected chi connectivity index (χ2v) is 13.2. The van der Waals surface area contributed by atoms with Crippen LogP contribution >= 0.6 is 11.8 Å². The van der Waals surface area contributed by atoms with Crippen molar-refractivity contribution in [3.8, 4) is 23.0 Å². The van der Waals surface area contributed by atoms with Crippen LogP contribution in [0.4, 0.5) is 28.0 Å². The van der Waals surface area contributed by atoms with Crippen molar-refractivity contribution in [1.82, 2.24) is 25.2 Å². The Balaban J connectivity index is 1.09. The Morgan fingerprint density at radius 1 is 0.923 bits per heavy atom. The van der Waals surface area contributed by atoms with Gasteiger partial charge in [-0.2, -0.15) is 0 Å². The summed E-state index contributed by atoms with van der Waals surface area (Å²) in [7, 11) is 1.49.